The number of aromatic nitrogens is 4. The van der Waals surface area contributed by atoms with Crippen LogP contribution in [-0.2, 0) is 27.9 Å². The fourth-order valence-electron chi connectivity index (χ4n) is 4.89. The topological polar surface area (TPSA) is 86.9 Å². The van der Waals surface area contributed by atoms with Crippen molar-refractivity contribution in [2.45, 2.75) is 31.2 Å². The van der Waals surface area contributed by atoms with Crippen molar-refractivity contribution >= 4 is 16.8 Å². The van der Waals surface area contributed by atoms with Crippen LogP contribution in [0.25, 0.3) is 22.6 Å². The normalized spacial score (nSPS) is 17.9. The number of H-pyrrole nitrogens is 2. The average Bonchev–Trinajstić information content (AvgIpc) is 3.36. The van der Waals surface area contributed by atoms with E-state index in [0.717, 1.165) is 79.4 Å². The van der Waals surface area contributed by atoms with E-state index in [2.05, 4.69) is 50.4 Å². The molecule has 7 heteroatoms. The fraction of sp³-hybridized carbons (Fsp3) is 0.346. The number of carbonyl (C=O) groups is 1. The zero-order valence-electron chi connectivity index (χ0n) is 18.5. The van der Waals surface area contributed by atoms with Crippen molar-refractivity contribution in [3.8, 4) is 11.5 Å². The summed E-state index contributed by atoms with van der Waals surface area (Å²) in [5.74, 6) is 0.971. The van der Waals surface area contributed by atoms with Gasteiger partial charge in [0.2, 0.25) is 0 Å². The first-order chi connectivity index (χ1) is 16.2. The third kappa shape index (κ3) is 3.87. The van der Waals surface area contributed by atoms with Gasteiger partial charge in [-0.2, -0.15) is 5.10 Å². The van der Waals surface area contributed by atoms with Crippen LogP contribution in [0, 0.1) is 0 Å². The van der Waals surface area contributed by atoms with Gasteiger partial charge in [0.05, 0.1) is 35.9 Å². The van der Waals surface area contributed by atoms with Crippen molar-refractivity contribution in [1.82, 2.24) is 25.1 Å². The largest absolute Gasteiger partial charge is 0.379 e. The molecule has 3 heterocycles. The van der Waals surface area contributed by atoms with Gasteiger partial charge in [-0.3, -0.25) is 14.8 Å². The second-order valence-corrected chi connectivity index (χ2v) is 9.14. The third-order valence-electron chi connectivity index (χ3n) is 6.97. The molecule has 0 spiro atoms. The Balaban J connectivity index is 1.23. The number of fused-ring (bicyclic) bond motifs is 1. The Morgan fingerprint density at radius 2 is 1.91 bits per heavy atom. The molecule has 0 bridgehead atoms. The Labute approximate surface area is 192 Å². The minimum Gasteiger partial charge on any atom is -0.379 e. The molecule has 6 rings (SSSR count). The maximum absolute atomic E-state index is 13.3. The van der Waals surface area contributed by atoms with E-state index in [1.54, 1.807) is 6.20 Å². The molecule has 0 radical (unpaired) electrons. The Morgan fingerprint density at radius 3 is 2.70 bits per heavy atom. The lowest BCUT2D eigenvalue weighted by atomic mass is 9.88. The third-order valence-corrected chi connectivity index (χ3v) is 6.97. The molecule has 2 N–H and O–H groups in total. The molecular weight excluding hydrogens is 414 g/mol. The highest BCUT2D eigenvalue weighted by atomic mass is 16.5. The number of nitrogens with one attached hydrogen (secondary N) is 2. The number of hydrogen-bond acceptors (Lipinski definition) is 5. The number of nitrogens with zero attached hydrogens (tertiary/aromatic N) is 3. The smallest absolute Gasteiger partial charge is 0.156 e. The predicted molar refractivity (Wildman–Crippen MR) is 126 cm³/mol. The molecule has 1 aliphatic heterocycles. The van der Waals surface area contributed by atoms with E-state index in [9.17, 15) is 4.79 Å². The molecule has 1 saturated carbocycles. The number of ketones is 1. The number of hydrogen-bond donors (Lipinski definition) is 2. The summed E-state index contributed by atoms with van der Waals surface area (Å²) >= 11 is 0. The van der Waals surface area contributed by atoms with E-state index in [1.807, 2.05) is 18.2 Å². The van der Waals surface area contributed by atoms with Crippen molar-refractivity contribution in [3.63, 3.8) is 0 Å². The molecular formula is C26H27N5O2. The standard InChI is InChI=1S/C26H27N5O2/c32-23(26(8-9-26)20-4-2-1-3-5-20)15-19-16-27-30-24(19)25-28-21-7-6-18(14-22(21)29-25)17-31-10-12-33-13-11-31/h1-7,14,16H,8-13,15,17H2,(H,27,30)(H,28,29). The number of carbonyl (C=O) groups excluding carboxylic acids is 1. The molecule has 2 aliphatic rings. The molecule has 2 aromatic heterocycles. The molecule has 2 fully saturated rings. The Kier molecular flexibility index (Phi) is 5.08. The second-order valence-electron chi connectivity index (χ2n) is 9.14. The highest BCUT2D eigenvalue weighted by Crippen LogP contribution is 2.49. The molecule has 0 atom stereocenters. The maximum Gasteiger partial charge on any atom is 0.156 e. The van der Waals surface area contributed by atoms with Gasteiger partial charge >= 0.3 is 0 Å². The van der Waals surface area contributed by atoms with Crippen molar-refractivity contribution in [1.29, 1.82) is 0 Å². The lowest BCUT2D eigenvalue weighted by molar-refractivity contribution is -0.120. The molecule has 2 aromatic carbocycles. The van der Waals surface area contributed by atoms with E-state index < -0.39 is 0 Å². The van der Waals surface area contributed by atoms with Crippen LogP contribution in [-0.4, -0.2) is 57.2 Å². The summed E-state index contributed by atoms with van der Waals surface area (Å²) in [5, 5.41) is 7.30. The number of imidazole rings is 1. The van der Waals surface area contributed by atoms with Gasteiger partial charge in [-0.25, -0.2) is 4.98 Å². The van der Waals surface area contributed by atoms with Crippen LogP contribution in [0.3, 0.4) is 0 Å². The molecule has 1 aliphatic carbocycles. The molecule has 1 saturated heterocycles. The Morgan fingerprint density at radius 1 is 1.09 bits per heavy atom. The van der Waals surface area contributed by atoms with Gasteiger partial charge in [-0.1, -0.05) is 36.4 Å². The second kappa shape index (κ2) is 8.24. The lowest BCUT2D eigenvalue weighted by Crippen LogP contribution is -2.35. The number of benzene rings is 2. The summed E-state index contributed by atoms with van der Waals surface area (Å²) in [6.07, 6.45) is 3.94. The summed E-state index contributed by atoms with van der Waals surface area (Å²) in [7, 11) is 0. The summed E-state index contributed by atoms with van der Waals surface area (Å²) in [6.45, 7) is 4.41. The van der Waals surface area contributed by atoms with Crippen molar-refractivity contribution in [2.24, 2.45) is 0 Å². The van der Waals surface area contributed by atoms with Crippen molar-refractivity contribution in [2.75, 3.05) is 26.3 Å². The predicted octanol–water partition coefficient (Wildman–Crippen LogP) is 3.63. The number of aromatic amines is 2. The van der Waals surface area contributed by atoms with Crippen LogP contribution < -0.4 is 0 Å². The zero-order chi connectivity index (χ0) is 22.3. The molecule has 7 nitrogen and oxygen atoms in total. The zero-order valence-corrected chi connectivity index (χ0v) is 18.5. The summed E-state index contributed by atoms with van der Waals surface area (Å²) < 4.78 is 5.45. The van der Waals surface area contributed by atoms with E-state index in [1.165, 1.54) is 5.56 Å². The monoisotopic (exact) mass is 441 g/mol. The van der Waals surface area contributed by atoms with Crippen LogP contribution >= 0.6 is 0 Å². The minimum absolute atomic E-state index is 0.250. The lowest BCUT2D eigenvalue weighted by Gasteiger charge is -2.26. The van der Waals surface area contributed by atoms with Gasteiger partial charge in [0.15, 0.2) is 5.82 Å². The maximum atomic E-state index is 13.3. The Bertz CT molecular complexity index is 1280. The molecule has 168 valence electrons. The summed E-state index contributed by atoms with van der Waals surface area (Å²) in [4.78, 5) is 23.9. The van der Waals surface area contributed by atoms with Gasteiger partial charge in [-0.05, 0) is 36.1 Å². The summed E-state index contributed by atoms with van der Waals surface area (Å²) in [5.41, 5.74) is 5.61. The number of rotatable bonds is 7. The van der Waals surface area contributed by atoms with Crippen LogP contribution in [0.15, 0.2) is 54.7 Å². The minimum atomic E-state index is -0.335. The van der Waals surface area contributed by atoms with Crippen LogP contribution in [0.4, 0.5) is 0 Å². The quantitative estimate of drug-likeness (QED) is 0.457. The van der Waals surface area contributed by atoms with Crippen molar-refractivity contribution < 1.29 is 9.53 Å². The van der Waals surface area contributed by atoms with Crippen molar-refractivity contribution in [3.05, 3.63) is 71.4 Å². The number of morpholine rings is 1. The molecule has 0 unspecified atom stereocenters. The first-order valence-electron chi connectivity index (χ1n) is 11.6. The highest BCUT2D eigenvalue weighted by Gasteiger charge is 2.50. The van der Waals surface area contributed by atoms with E-state index in [-0.39, 0.29) is 11.2 Å². The van der Waals surface area contributed by atoms with Crippen LogP contribution in [0.1, 0.15) is 29.5 Å². The van der Waals surface area contributed by atoms with Crippen LogP contribution in [0.2, 0.25) is 0 Å². The highest BCUT2D eigenvalue weighted by molar-refractivity contribution is 5.95. The van der Waals surface area contributed by atoms with Gasteiger partial charge in [0.1, 0.15) is 11.5 Å². The fourth-order valence-corrected chi connectivity index (χ4v) is 4.89. The first kappa shape index (κ1) is 20.3. The molecule has 0 amide bonds. The molecule has 4 aromatic rings. The van der Waals surface area contributed by atoms with E-state index in [0.29, 0.717) is 6.42 Å². The van der Waals surface area contributed by atoms with E-state index in [4.69, 9.17) is 9.72 Å². The van der Waals surface area contributed by atoms with Gasteiger partial charge < -0.3 is 9.72 Å². The molecule has 33 heavy (non-hydrogen) atoms. The van der Waals surface area contributed by atoms with Gasteiger partial charge in [0.25, 0.3) is 0 Å². The first-order valence-corrected chi connectivity index (χ1v) is 11.6. The van der Waals surface area contributed by atoms with Gasteiger partial charge in [-0.15, -0.1) is 0 Å². The summed E-state index contributed by atoms with van der Waals surface area (Å²) in [6, 6.07) is 16.5. The van der Waals surface area contributed by atoms with Gasteiger partial charge in [0, 0.05) is 31.6 Å². The van der Waals surface area contributed by atoms with Crippen LogP contribution in [0.5, 0.6) is 0 Å². The van der Waals surface area contributed by atoms with E-state index >= 15 is 0 Å². The SMILES string of the molecule is O=C(Cc1cn[nH]c1-c1nc2ccc(CN3CCOCC3)cc2[nH]1)C1(c2ccccc2)CC1. The number of Topliss-reactive ketones (excluding diaryl/α,β-unsaturated/α-hetero) is 1. The average molecular weight is 442 g/mol. The number of ether oxygens (including phenoxy) is 1. The Hall–Kier alpha value is -3.29.